The Bertz CT molecular complexity index is 1250. The van der Waals surface area contributed by atoms with Gasteiger partial charge < -0.3 is 4.42 Å². The molecular weight excluding hydrogens is 450 g/mol. The topological polar surface area (TPSA) is 112 Å². The number of thioether (sulfide) groups is 1. The van der Waals surface area contributed by atoms with Crippen LogP contribution in [0, 0.1) is 0 Å². The van der Waals surface area contributed by atoms with Crippen molar-refractivity contribution in [3.8, 4) is 17.1 Å². The van der Waals surface area contributed by atoms with Gasteiger partial charge in [0.2, 0.25) is 11.8 Å². The Labute approximate surface area is 202 Å². The number of amides is 1. The number of pyridine rings is 1. The summed E-state index contributed by atoms with van der Waals surface area (Å²) >= 11 is 1.30. The number of nitrogens with zero attached hydrogens (tertiary/aromatic N) is 6. The lowest BCUT2D eigenvalue weighted by Gasteiger charge is -2.17. The van der Waals surface area contributed by atoms with Gasteiger partial charge in [-0.05, 0) is 36.1 Å². The van der Waals surface area contributed by atoms with Crippen LogP contribution in [0.4, 0.5) is 6.01 Å². The van der Waals surface area contributed by atoms with Crippen LogP contribution in [0.25, 0.3) is 17.1 Å². The number of anilines is 1. The zero-order valence-electron chi connectivity index (χ0n) is 19.6. The molecule has 0 aliphatic rings. The summed E-state index contributed by atoms with van der Waals surface area (Å²) in [6.45, 7) is 8.14. The molecule has 1 N–H and O–H groups in total. The molecule has 9 nitrogen and oxygen atoms in total. The molecule has 0 unspecified atom stereocenters. The first kappa shape index (κ1) is 23.6. The van der Waals surface area contributed by atoms with Crippen LogP contribution in [0.15, 0.2) is 52.3 Å². The lowest BCUT2D eigenvalue weighted by Crippen LogP contribution is -2.15. The summed E-state index contributed by atoms with van der Waals surface area (Å²) in [7, 11) is 0. The minimum atomic E-state index is -0.263. The van der Waals surface area contributed by atoms with E-state index in [2.05, 4.69) is 62.7 Å². The SMILES string of the molecule is CCc1cccc(CC)c1-n1c(SCC(=O)Nc2nnc(C(C)C)o2)nnc1-c1cccnc1. The summed E-state index contributed by atoms with van der Waals surface area (Å²) in [5.41, 5.74) is 4.27. The molecule has 3 aromatic heterocycles. The molecule has 4 aromatic rings. The fourth-order valence-electron chi connectivity index (χ4n) is 3.55. The average Bonchev–Trinajstić information content (AvgIpc) is 3.50. The number of hydrogen-bond acceptors (Lipinski definition) is 8. The highest BCUT2D eigenvalue weighted by molar-refractivity contribution is 7.99. The number of aryl methyl sites for hydroxylation is 2. The van der Waals surface area contributed by atoms with E-state index in [4.69, 9.17) is 4.42 Å². The molecule has 3 heterocycles. The molecule has 10 heteroatoms. The van der Waals surface area contributed by atoms with Crippen LogP contribution < -0.4 is 5.32 Å². The third-order valence-corrected chi connectivity index (χ3v) is 6.18. The Balaban J connectivity index is 1.66. The maximum absolute atomic E-state index is 12.6. The van der Waals surface area contributed by atoms with Crippen molar-refractivity contribution in [2.24, 2.45) is 0 Å². The highest BCUT2D eigenvalue weighted by Gasteiger charge is 2.21. The average molecular weight is 478 g/mol. The van der Waals surface area contributed by atoms with Crippen LogP contribution in [0.5, 0.6) is 0 Å². The van der Waals surface area contributed by atoms with Gasteiger partial charge in [0, 0.05) is 23.9 Å². The predicted octanol–water partition coefficient (Wildman–Crippen LogP) is 4.69. The van der Waals surface area contributed by atoms with Gasteiger partial charge >= 0.3 is 6.01 Å². The van der Waals surface area contributed by atoms with Crippen molar-refractivity contribution in [1.82, 2.24) is 29.9 Å². The summed E-state index contributed by atoms with van der Waals surface area (Å²) in [6.07, 6.45) is 5.20. The second-order valence-corrected chi connectivity index (χ2v) is 8.89. The molecule has 4 rings (SSSR count). The molecule has 34 heavy (non-hydrogen) atoms. The standard InChI is InChI=1S/C24H27N7O2S/c1-5-16-9-7-10-17(6-2)20(16)31-21(18-11-8-12-25-13-18)27-30-24(31)34-14-19(32)26-23-29-28-22(33-23)15(3)4/h7-13,15H,5-6,14H2,1-4H3,(H,26,29,32). The van der Waals surface area contributed by atoms with Gasteiger partial charge in [-0.3, -0.25) is 19.7 Å². The molecule has 1 aromatic carbocycles. The zero-order chi connectivity index (χ0) is 24.1. The molecular formula is C24H27N7O2S. The van der Waals surface area contributed by atoms with Gasteiger partial charge in [0.25, 0.3) is 0 Å². The molecule has 0 saturated carbocycles. The lowest BCUT2D eigenvalue weighted by atomic mass is 10.0. The van der Waals surface area contributed by atoms with Gasteiger partial charge in [-0.25, -0.2) is 0 Å². The van der Waals surface area contributed by atoms with Crippen molar-refractivity contribution in [2.75, 3.05) is 11.1 Å². The summed E-state index contributed by atoms with van der Waals surface area (Å²) in [4.78, 5) is 16.9. The van der Waals surface area contributed by atoms with E-state index in [1.165, 1.54) is 22.9 Å². The van der Waals surface area contributed by atoms with Crippen LogP contribution >= 0.6 is 11.8 Å². The van der Waals surface area contributed by atoms with Gasteiger partial charge in [0.15, 0.2) is 11.0 Å². The Morgan fingerprint density at radius 2 is 1.82 bits per heavy atom. The number of hydrogen-bond donors (Lipinski definition) is 1. The molecule has 0 aliphatic heterocycles. The molecule has 0 radical (unpaired) electrons. The third kappa shape index (κ3) is 5.01. The van der Waals surface area contributed by atoms with Gasteiger partial charge in [0.05, 0.1) is 11.4 Å². The number of nitrogens with one attached hydrogen (secondary N) is 1. The van der Waals surface area contributed by atoms with Crippen LogP contribution in [-0.2, 0) is 17.6 Å². The molecule has 1 amide bonds. The maximum Gasteiger partial charge on any atom is 0.322 e. The minimum Gasteiger partial charge on any atom is -0.408 e. The van der Waals surface area contributed by atoms with E-state index in [1.807, 2.05) is 30.5 Å². The first-order chi connectivity index (χ1) is 16.5. The van der Waals surface area contributed by atoms with E-state index < -0.39 is 0 Å². The first-order valence-electron chi connectivity index (χ1n) is 11.2. The number of carbonyl (C=O) groups is 1. The van der Waals surface area contributed by atoms with Crippen molar-refractivity contribution in [3.05, 3.63) is 59.7 Å². The van der Waals surface area contributed by atoms with E-state index in [0.29, 0.717) is 16.9 Å². The number of rotatable bonds is 9. The second kappa shape index (κ2) is 10.6. The van der Waals surface area contributed by atoms with Gasteiger partial charge in [-0.2, -0.15) is 0 Å². The highest BCUT2D eigenvalue weighted by Crippen LogP contribution is 2.32. The first-order valence-corrected chi connectivity index (χ1v) is 12.2. The maximum atomic E-state index is 12.6. The lowest BCUT2D eigenvalue weighted by molar-refractivity contribution is -0.113. The highest BCUT2D eigenvalue weighted by atomic mass is 32.2. The van der Waals surface area contributed by atoms with Crippen LogP contribution in [-0.4, -0.2) is 41.6 Å². The van der Waals surface area contributed by atoms with Crippen molar-refractivity contribution in [3.63, 3.8) is 0 Å². The number of carbonyl (C=O) groups excluding carboxylic acids is 1. The normalized spacial score (nSPS) is 11.2. The largest absolute Gasteiger partial charge is 0.408 e. The summed E-state index contributed by atoms with van der Waals surface area (Å²) < 4.78 is 7.52. The van der Waals surface area contributed by atoms with Crippen molar-refractivity contribution < 1.29 is 9.21 Å². The Hall–Kier alpha value is -3.53. The molecule has 0 atom stereocenters. The molecule has 0 bridgehead atoms. The van der Waals surface area contributed by atoms with E-state index in [1.54, 1.807) is 12.4 Å². The fraction of sp³-hybridized carbons (Fsp3) is 0.333. The van der Waals surface area contributed by atoms with Gasteiger partial charge in [0.1, 0.15) is 0 Å². The molecule has 0 saturated heterocycles. The molecule has 0 aliphatic carbocycles. The number of para-hydroxylation sites is 1. The minimum absolute atomic E-state index is 0.0865. The Kier molecular flexibility index (Phi) is 7.36. The monoisotopic (exact) mass is 477 g/mol. The van der Waals surface area contributed by atoms with Crippen LogP contribution in [0.2, 0.25) is 0 Å². The number of aromatic nitrogens is 6. The second-order valence-electron chi connectivity index (χ2n) is 7.95. The quantitative estimate of drug-likeness (QED) is 0.346. The number of benzene rings is 1. The summed E-state index contributed by atoms with van der Waals surface area (Å²) in [6, 6.07) is 10.2. The fourth-order valence-corrected chi connectivity index (χ4v) is 4.29. The van der Waals surface area contributed by atoms with Crippen molar-refractivity contribution in [1.29, 1.82) is 0 Å². The van der Waals surface area contributed by atoms with Gasteiger partial charge in [-0.15, -0.1) is 15.3 Å². The van der Waals surface area contributed by atoms with Gasteiger partial charge in [-0.1, -0.05) is 62.8 Å². The van der Waals surface area contributed by atoms with E-state index in [9.17, 15) is 4.79 Å². The van der Waals surface area contributed by atoms with Crippen LogP contribution in [0.1, 0.15) is 50.6 Å². The Morgan fingerprint density at radius 1 is 1.06 bits per heavy atom. The van der Waals surface area contributed by atoms with Crippen LogP contribution in [0.3, 0.4) is 0 Å². The molecule has 0 fully saturated rings. The molecule has 0 spiro atoms. The van der Waals surface area contributed by atoms with E-state index in [0.717, 1.165) is 24.1 Å². The van der Waals surface area contributed by atoms with Crippen molar-refractivity contribution >= 4 is 23.7 Å². The predicted molar refractivity (Wildman–Crippen MR) is 131 cm³/mol. The van der Waals surface area contributed by atoms with E-state index in [-0.39, 0.29) is 23.6 Å². The Morgan fingerprint density at radius 3 is 2.44 bits per heavy atom. The smallest absolute Gasteiger partial charge is 0.322 e. The van der Waals surface area contributed by atoms with E-state index >= 15 is 0 Å². The summed E-state index contributed by atoms with van der Waals surface area (Å²) in [5.74, 6) is 1.10. The zero-order valence-corrected chi connectivity index (χ0v) is 20.5. The third-order valence-electron chi connectivity index (χ3n) is 5.25. The summed E-state index contributed by atoms with van der Waals surface area (Å²) in [5, 5.41) is 20.0. The molecule has 176 valence electrons. The van der Waals surface area contributed by atoms with Crippen molar-refractivity contribution in [2.45, 2.75) is 51.6 Å².